The first-order valence-corrected chi connectivity index (χ1v) is 6.27. The molecule has 1 saturated carbocycles. The molecule has 1 aliphatic rings. The van der Waals surface area contributed by atoms with Gasteiger partial charge in [0.2, 0.25) is 0 Å². The van der Waals surface area contributed by atoms with Gasteiger partial charge in [0.05, 0.1) is 0 Å². The summed E-state index contributed by atoms with van der Waals surface area (Å²) in [4.78, 5) is 0. The predicted molar refractivity (Wildman–Crippen MR) is 65.0 cm³/mol. The second-order valence-electron chi connectivity index (χ2n) is 5.08. The maximum Gasteiger partial charge on any atom is 0.129 e. The fourth-order valence-electron chi connectivity index (χ4n) is 2.05. The number of benzene rings is 1. The van der Waals surface area contributed by atoms with Gasteiger partial charge < -0.3 is 5.32 Å². The topological polar surface area (TPSA) is 12.0 Å². The van der Waals surface area contributed by atoms with E-state index in [4.69, 9.17) is 0 Å². The molecule has 3 heteroatoms. The van der Waals surface area contributed by atoms with E-state index in [0.717, 1.165) is 6.54 Å². The van der Waals surface area contributed by atoms with Crippen molar-refractivity contribution in [2.45, 2.75) is 38.6 Å². The van der Waals surface area contributed by atoms with Gasteiger partial charge in [0.25, 0.3) is 0 Å². The first-order chi connectivity index (χ1) is 8.09. The molecule has 0 spiro atoms. The summed E-state index contributed by atoms with van der Waals surface area (Å²) in [5, 5.41) is 3.40. The van der Waals surface area contributed by atoms with Crippen LogP contribution in [0.15, 0.2) is 18.2 Å². The van der Waals surface area contributed by atoms with Crippen LogP contribution < -0.4 is 5.32 Å². The zero-order chi connectivity index (χ0) is 12.4. The molecule has 2 atom stereocenters. The average molecular weight is 239 g/mol. The highest BCUT2D eigenvalue weighted by Crippen LogP contribution is 2.29. The quantitative estimate of drug-likeness (QED) is 0.829. The van der Waals surface area contributed by atoms with Crippen LogP contribution in [0.1, 0.15) is 38.2 Å². The van der Waals surface area contributed by atoms with Gasteiger partial charge in [0.1, 0.15) is 11.6 Å². The van der Waals surface area contributed by atoms with Crippen molar-refractivity contribution >= 4 is 0 Å². The minimum Gasteiger partial charge on any atom is -0.314 e. The van der Waals surface area contributed by atoms with E-state index < -0.39 is 11.6 Å². The van der Waals surface area contributed by atoms with Crippen LogP contribution in [0.2, 0.25) is 0 Å². The average Bonchev–Trinajstić information content (AvgIpc) is 3.09. The lowest BCUT2D eigenvalue weighted by Gasteiger charge is -2.21. The van der Waals surface area contributed by atoms with Crippen LogP contribution in [0.5, 0.6) is 0 Å². The molecule has 0 radical (unpaired) electrons. The Labute approximate surface area is 101 Å². The summed E-state index contributed by atoms with van der Waals surface area (Å²) in [6.45, 7) is 4.74. The number of halogens is 2. The molecule has 1 nitrogen and oxygen atoms in total. The second-order valence-corrected chi connectivity index (χ2v) is 5.08. The van der Waals surface area contributed by atoms with Gasteiger partial charge in [0, 0.05) is 11.6 Å². The fourth-order valence-corrected chi connectivity index (χ4v) is 2.05. The number of hydrogen-bond donors (Lipinski definition) is 1. The molecule has 1 aromatic carbocycles. The van der Waals surface area contributed by atoms with Crippen LogP contribution in [0.3, 0.4) is 0 Å². The third-order valence-electron chi connectivity index (χ3n) is 3.61. The van der Waals surface area contributed by atoms with E-state index in [1.165, 1.54) is 31.0 Å². The summed E-state index contributed by atoms with van der Waals surface area (Å²) < 4.78 is 27.2. The zero-order valence-electron chi connectivity index (χ0n) is 10.3. The Morgan fingerprint density at radius 2 is 1.82 bits per heavy atom. The van der Waals surface area contributed by atoms with Crippen molar-refractivity contribution in [3.05, 3.63) is 35.4 Å². The molecule has 1 aromatic rings. The Morgan fingerprint density at radius 1 is 1.24 bits per heavy atom. The molecule has 2 rings (SSSR count). The summed E-state index contributed by atoms with van der Waals surface area (Å²) in [7, 11) is 0. The van der Waals surface area contributed by atoms with Crippen molar-refractivity contribution in [3.8, 4) is 0 Å². The third-order valence-corrected chi connectivity index (χ3v) is 3.61. The second kappa shape index (κ2) is 5.13. The van der Waals surface area contributed by atoms with E-state index >= 15 is 0 Å². The molecule has 0 amide bonds. The molecule has 1 aliphatic carbocycles. The van der Waals surface area contributed by atoms with Crippen molar-refractivity contribution in [2.24, 2.45) is 5.92 Å². The Bertz CT molecular complexity index is 368. The Balaban J connectivity index is 2.03. The zero-order valence-corrected chi connectivity index (χ0v) is 10.3. The number of rotatable bonds is 5. The van der Waals surface area contributed by atoms with Gasteiger partial charge in [-0.1, -0.05) is 19.9 Å². The van der Waals surface area contributed by atoms with Gasteiger partial charge in [-0.25, -0.2) is 8.78 Å². The molecule has 17 heavy (non-hydrogen) atoms. The molecule has 0 aliphatic heterocycles. The van der Waals surface area contributed by atoms with Gasteiger partial charge in [-0.15, -0.1) is 0 Å². The van der Waals surface area contributed by atoms with E-state index in [-0.39, 0.29) is 17.4 Å². The lowest BCUT2D eigenvalue weighted by molar-refractivity contribution is 0.417. The lowest BCUT2D eigenvalue weighted by atomic mass is 9.88. The van der Waals surface area contributed by atoms with E-state index in [2.05, 4.69) is 5.32 Å². The molecular weight excluding hydrogens is 220 g/mol. The first-order valence-electron chi connectivity index (χ1n) is 6.27. The van der Waals surface area contributed by atoms with Crippen molar-refractivity contribution in [2.75, 3.05) is 6.54 Å². The molecule has 94 valence electrons. The SMILES string of the molecule is CC(CNC1CC1)C(C)c1c(F)cccc1F. The van der Waals surface area contributed by atoms with E-state index in [9.17, 15) is 8.78 Å². The first kappa shape index (κ1) is 12.5. The Morgan fingerprint density at radius 3 is 2.35 bits per heavy atom. The van der Waals surface area contributed by atoms with Crippen LogP contribution >= 0.6 is 0 Å². The highest BCUT2D eigenvalue weighted by Gasteiger charge is 2.25. The molecule has 2 unspecified atom stereocenters. The molecule has 0 saturated heterocycles. The van der Waals surface area contributed by atoms with Gasteiger partial charge in [-0.3, -0.25) is 0 Å². The Kier molecular flexibility index (Phi) is 3.77. The third kappa shape index (κ3) is 3.03. The van der Waals surface area contributed by atoms with Crippen LogP contribution in [-0.2, 0) is 0 Å². The summed E-state index contributed by atoms with van der Waals surface area (Å²) in [6, 6.07) is 4.70. The molecule has 0 bridgehead atoms. The largest absolute Gasteiger partial charge is 0.314 e. The maximum atomic E-state index is 13.6. The van der Waals surface area contributed by atoms with Gasteiger partial charge >= 0.3 is 0 Å². The fraction of sp³-hybridized carbons (Fsp3) is 0.571. The smallest absolute Gasteiger partial charge is 0.129 e. The number of nitrogens with one attached hydrogen (secondary N) is 1. The van der Waals surface area contributed by atoms with E-state index in [0.29, 0.717) is 6.04 Å². The standard InChI is InChI=1S/C14H19F2N/c1-9(8-17-11-6-7-11)10(2)14-12(15)4-3-5-13(14)16/h3-5,9-11,17H,6-8H2,1-2H3. The van der Waals surface area contributed by atoms with Gasteiger partial charge in [-0.2, -0.15) is 0 Å². The highest BCUT2D eigenvalue weighted by molar-refractivity contribution is 5.23. The monoisotopic (exact) mass is 239 g/mol. The number of hydrogen-bond acceptors (Lipinski definition) is 1. The molecule has 1 fully saturated rings. The predicted octanol–water partition coefficient (Wildman–Crippen LogP) is 3.46. The van der Waals surface area contributed by atoms with Gasteiger partial charge in [0.15, 0.2) is 0 Å². The van der Waals surface area contributed by atoms with Gasteiger partial charge in [-0.05, 0) is 43.4 Å². The van der Waals surface area contributed by atoms with Crippen molar-refractivity contribution < 1.29 is 8.78 Å². The lowest BCUT2D eigenvalue weighted by Crippen LogP contribution is -2.26. The molecule has 1 N–H and O–H groups in total. The summed E-state index contributed by atoms with van der Waals surface area (Å²) >= 11 is 0. The highest BCUT2D eigenvalue weighted by atomic mass is 19.1. The molecule has 0 aromatic heterocycles. The Hall–Kier alpha value is -0.960. The molecular formula is C14H19F2N. The normalized spacial score (nSPS) is 19.1. The summed E-state index contributed by atoms with van der Waals surface area (Å²) in [6.07, 6.45) is 2.46. The summed E-state index contributed by atoms with van der Waals surface area (Å²) in [5.41, 5.74) is 0.220. The minimum atomic E-state index is -0.434. The van der Waals surface area contributed by atoms with Crippen LogP contribution in [-0.4, -0.2) is 12.6 Å². The van der Waals surface area contributed by atoms with Crippen molar-refractivity contribution in [1.82, 2.24) is 5.32 Å². The van der Waals surface area contributed by atoms with Crippen LogP contribution in [0, 0.1) is 17.6 Å². The summed E-state index contributed by atoms with van der Waals surface area (Å²) in [5.74, 6) is -0.754. The van der Waals surface area contributed by atoms with Crippen molar-refractivity contribution in [3.63, 3.8) is 0 Å². The van der Waals surface area contributed by atoms with E-state index in [1.807, 2.05) is 13.8 Å². The maximum absolute atomic E-state index is 13.6. The minimum absolute atomic E-state index is 0.109. The van der Waals surface area contributed by atoms with Crippen LogP contribution in [0.4, 0.5) is 8.78 Å². The molecule has 0 heterocycles. The van der Waals surface area contributed by atoms with Crippen molar-refractivity contribution in [1.29, 1.82) is 0 Å². The van der Waals surface area contributed by atoms with E-state index in [1.54, 1.807) is 0 Å². The van der Waals surface area contributed by atoms with Crippen LogP contribution in [0.25, 0.3) is 0 Å².